The highest BCUT2D eigenvalue weighted by molar-refractivity contribution is 5.94. The van der Waals surface area contributed by atoms with Gasteiger partial charge in [0, 0.05) is 24.8 Å². The SMILES string of the molecule is CC(C(=O)Nc1ccc(C(C)(C)C)cc1)N1CCC(N)C(C)(C)C1. The molecule has 1 saturated heterocycles. The van der Waals surface area contributed by atoms with Crippen LogP contribution in [0.15, 0.2) is 24.3 Å². The topological polar surface area (TPSA) is 58.4 Å². The Morgan fingerprint density at radius 2 is 1.88 bits per heavy atom. The molecular formula is C20H33N3O. The summed E-state index contributed by atoms with van der Waals surface area (Å²) in [5.74, 6) is 0.0461. The third-order valence-electron chi connectivity index (χ3n) is 5.29. The van der Waals surface area contributed by atoms with Crippen LogP contribution in [0.5, 0.6) is 0 Å². The molecule has 2 rings (SSSR count). The van der Waals surface area contributed by atoms with Crippen LogP contribution in [0.4, 0.5) is 5.69 Å². The molecule has 0 aromatic heterocycles. The maximum absolute atomic E-state index is 12.6. The molecule has 1 aliphatic rings. The first-order valence-corrected chi connectivity index (χ1v) is 8.92. The Kier molecular flexibility index (Phi) is 5.41. The van der Waals surface area contributed by atoms with E-state index in [2.05, 4.69) is 57.0 Å². The van der Waals surface area contributed by atoms with Gasteiger partial charge in [-0.05, 0) is 41.9 Å². The predicted octanol–water partition coefficient (Wildman–Crippen LogP) is 3.37. The molecule has 1 aromatic carbocycles. The van der Waals surface area contributed by atoms with Crippen LogP contribution < -0.4 is 11.1 Å². The third-order valence-corrected chi connectivity index (χ3v) is 5.29. The van der Waals surface area contributed by atoms with Crippen molar-refractivity contribution >= 4 is 11.6 Å². The molecule has 2 unspecified atom stereocenters. The van der Waals surface area contributed by atoms with Gasteiger partial charge in [0.25, 0.3) is 0 Å². The number of likely N-dealkylation sites (tertiary alicyclic amines) is 1. The van der Waals surface area contributed by atoms with Gasteiger partial charge in [0.1, 0.15) is 0 Å². The molecule has 1 fully saturated rings. The summed E-state index contributed by atoms with van der Waals surface area (Å²) in [7, 11) is 0. The first-order chi connectivity index (χ1) is 11.0. The highest BCUT2D eigenvalue weighted by atomic mass is 16.2. The van der Waals surface area contributed by atoms with E-state index in [0.29, 0.717) is 0 Å². The zero-order valence-corrected chi connectivity index (χ0v) is 16.0. The number of hydrogen-bond acceptors (Lipinski definition) is 3. The summed E-state index contributed by atoms with van der Waals surface area (Å²) in [6.45, 7) is 14.6. The highest BCUT2D eigenvalue weighted by Gasteiger charge is 2.36. The normalized spacial score (nSPS) is 22.9. The number of benzene rings is 1. The van der Waals surface area contributed by atoms with E-state index < -0.39 is 0 Å². The van der Waals surface area contributed by atoms with E-state index in [-0.39, 0.29) is 28.8 Å². The summed E-state index contributed by atoms with van der Waals surface area (Å²) in [4.78, 5) is 14.8. The van der Waals surface area contributed by atoms with E-state index in [1.807, 2.05) is 19.1 Å². The summed E-state index contributed by atoms with van der Waals surface area (Å²) in [5, 5.41) is 3.04. The van der Waals surface area contributed by atoms with Crippen LogP contribution in [0.1, 0.15) is 53.5 Å². The zero-order chi connectivity index (χ0) is 18.1. The van der Waals surface area contributed by atoms with Crippen LogP contribution in [0.3, 0.4) is 0 Å². The number of carbonyl (C=O) groups excluding carboxylic acids is 1. The Morgan fingerprint density at radius 1 is 1.29 bits per heavy atom. The molecule has 2 atom stereocenters. The number of nitrogens with zero attached hydrogens (tertiary/aromatic N) is 1. The molecule has 0 aliphatic carbocycles. The summed E-state index contributed by atoms with van der Waals surface area (Å²) < 4.78 is 0. The monoisotopic (exact) mass is 331 g/mol. The summed E-state index contributed by atoms with van der Waals surface area (Å²) in [6, 6.07) is 8.20. The lowest BCUT2D eigenvalue weighted by Gasteiger charge is -2.44. The Labute approximate surface area is 146 Å². The lowest BCUT2D eigenvalue weighted by Crippen LogP contribution is -2.56. The van der Waals surface area contributed by atoms with Crippen molar-refractivity contribution in [1.29, 1.82) is 0 Å². The van der Waals surface area contributed by atoms with Gasteiger partial charge in [0.2, 0.25) is 5.91 Å². The van der Waals surface area contributed by atoms with Crippen molar-refractivity contribution in [1.82, 2.24) is 4.90 Å². The maximum Gasteiger partial charge on any atom is 0.241 e. The molecule has 24 heavy (non-hydrogen) atoms. The molecule has 1 aromatic rings. The molecule has 134 valence electrons. The average Bonchev–Trinajstić information content (AvgIpc) is 2.48. The van der Waals surface area contributed by atoms with Gasteiger partial charge in [-0.15, -0.1) is 0 Å². The van der Waals surface area contributed by atoms with Gasteiger partial charge in [-0.25, -0.2) is 0 Å². The number of nitrogens with two attached hydrogens (primary N) is 1. The van der Waals surface area contributed by atoms with Gasteiger partial charge in [0.05, 0.1) is 6.04 Å². The van der Waals surface area contributed by atoms with Crippen LogP contribution in [-0.2, 0) is 10.2 Å². The molecule has 0 bridgehead atoms. The lowest BCUT2D eigenvalue weighted by atomic mass is 9.79. The average molecular weight is 332 g/mol. The Hall–Kier alpha value is -1.39. The Balaban J connectivity index is 1.99. The van der Waals surface area contributed by atoms with Crippen molar-refractivity contribution in [2.24, 2.45) is 11.1 Å². The lowest BCUT2D eigenvalue weighted by molar-refractivity contribution is -0.122. The van der Waals surface area contributed by atoms with Crippen molar-refractivity contribution in [2.45, 2.75) is 65.5 Å². The van der Waals surface area contributed by atoms with Gasteiger partial charge in [-0.1, -0.05) is 46.8 Å². The van der Waals surface area contributed by atoms with Crippen molar-refractivity contribution in [3.05, 3.63) is 29.8 Å². The Bertz CT molecular complexity index is 572. The van der Waals surface area contributed by atoms with E-state index in [1.165, 1.54) is 5.56 Å². The summed E-state index contributed by atoms with van der Waals surface area (Å²) in [5.41, 5.74) is 8.48. The van der Waals surface area contributed by atoms with E-state index in [1.54, 1.807) is 0 Å². The predicted molar refractivity (Wildman–Crippen MR) is 101 cm³/mol. The molecule has 4 heteroatoms. The molecule has 0 radical (unpaired) electrons. The first kappa shape index (κ1) is 18.9. The minimum Gasteiger partial charge on any atom is -0.327 e. The van der Waals surface area contributed by atoms with E-state index in [0.717, 1.165) is 25.2 Å². The van der Waals surface area contributed by atoms with Gasteiger partial charge in [0.15, 0.2) is 0 Å². The Morgan fingerprint density at radius 3 is 2.38 bits per heavy atom. The zero-order valence-electron chi connectivity index (χ0n) is 16.0. The second-order valence-corrected chi connectivity index (χ2v) is 8.85. The molecule has 0 spiro atoms. The number of carbonyl (C=O) groups is 1. The molecule has 3 N–H and O–H groups in total. The third kappa shape index (κ3) is 4.37. The van der Waals surface area contributed by atoms with Gasteiger partial charge >= 0.3 is 0 Å². The number of nitrogens with one attached hydrogen (secondary N) is 1. The number of hydrogen-bond donors (Lipinski definition) is 2. The molecule has 4 nitrogen and oxygen atoms in total. The number of piperidine rings is 1. The molecule has 1 amide bonds. The van der Waals surface area contributed by atoms with Crippen molar-refractivity contribution < 1.29 is 4.79 Å². The van der Waals surface area contributed by atoms with E-state index in [4.69, 9.17) is 5.73 Å². The van der Waals surface area contributed by atoms with E-state index in [9.17, 15) is 4.79 Å². The fourth-order valence-electron chi connectivity index (χ4n) is 3.21. The van der Waals surface area contributed by atoms with Crippen molar-refractivity contribution in [3.8, 4) is 0 Å². The fraction of sp³-hybridized carbons (Fsp3) is 0.650. The highest BCUT2D eigenvalue weighted by Crippen LogP contribution is 2.29. The van der Waals surface area contributed by atoms with E-state index >= 15 is 0 Å². The minimum absolute atomic E-state index is 0.0428. The molecule has 1 aliphatic heterocycles. The molecule has 1 heterocycles. The van der Waals surface area contributed by atoms with Crippen LogP contribution in [0, 0.1) is 5.41 Å². The fourth-order valence-corrected chi connectivity index (χ4v) is 3.21. The minimum atomic E-state index is -0.154. The summed E-state index contributed by atoms with van der Waals surface area (Å²) >= 11 is 0. The van der Waals surface area contributed by atoms with Gasteiger partial charge in [-0.3, -0.25) is 9.69 Å². The van der Waals surface area contributed by atoms with Crippen molar-refractivity contribution in [3.63, 3.8) is 0 Å². The first-order valence-electron chi connectivity index (χ1n) is 8.92. The van der Waals surface area contributed by atoms with Gasteiger partial charge in [-0.2, -0.15) is 0 Å². The largest absolute Gasteiger partial charge is 0.327 e. The molecular weight excluding hydrogens is 298 g/mol. The smallest absolute Gasteiger partial charge is 0.241 e. The maximum atomic E-state index is 12.6. The second kappa shape index (κ2) is 6.85. The number of anilines is 1. The van der Waals surface area contributed by atoms with Crippen LogP contribution in [0.2, 0.25) is 0 Å². The quantitative estimate of drug-likeness (QED) is 0.893. The number of amides is 1. The molecule has 0 saturated carbocycles. The van der Waals surface area contributed by atoms with Gasteiger partial charge < -0.3 is 11.1 Å². The summed E-state index contributed by atoms with van der Waals surface area (Å²) in [6.07, 6.45) is 0.935. The number of rotatable bonds is 3. The van der Waals surface area contributed by atoms with Crippen molar-refractivity contribution in [2.75, 3.05) is 18.4 Å². The van der Waals surface area contributed by atoms with Crippen LogP contribution >= 0.6 is 0 Å². The van der Waals surface area contributed by atoms with Crippen LogP contribution in [-0.4, -0.2) is 36.0 Å². The van der Waals surface area contributed by atoms with Crippen LogP contribution in [0.25, 0.3) is 0 Å². The standard InChI is InChI=1S/C20H33N3O/c1-14(23-12-11-17(21)20(5,6)13-23)18(24)22-16-9-7-15(8-10-16)19(2,3)4/h7-10,14,17H,11-13,21H2,1-6H3,(H,22,24). The second-order valence-electron chi connectivity index (χ2n) is 8.85.